The van der Waals surface area contributed by atoms with Gasteiger partial charge < -0.3 is 9.47 Å². The predicted molar refractivity (Wildman–Crippen MR) is 164 cm³/mol. The number of nitro benzene ring substituents is 2. The second-order valence-electron chi connectivity index (χ2n) is 9.06. The number of hydrazone groups is 2. The molecule has 226 valence electrons. The summed E-state index contributed by atoms with van der Waals surface area (Å²) in [6, 6.07) is 19.0. The SMILES string of the molecule is CC(=C/c1ccc(/C=C(C)/C=N\NC(=O)COc2ccccc2[N+](=O)[O-])cc1)/C=N/NC(=O)COc1ccccc1[N+](=O)[O-]. The number of hydrogen-bond donors (Lipinski definition) is 2. The quantitative estimate of drug-likeness (QED) is 0.152. The van der Waals surface area contributed by atoms with E-state index in [1.54, 1.807) is 26.0 Å². The van der Waals surface area contributed by atoms with Crippen molar-refractivity contribution in [3.05, 3.63) is 115 Å². The molecule has 14 nitrogen and oxygen atoms in total. The summed E-state index contributed by atoms with van der Waals surface area (Å²) in [4.78, 5) is 44.8. The second kappa shape index (κ2) is 16.3. The third-order valence-electron chi connectivity index (χ3n) is 5.48. The Morgan fingerprint density at radius 2 is 1.05 bits per heavy atom. The summed E-state index contributed by atoms with van der Waals surface area (Å²) in [6.45, 7) is 2.72. The molecule has 3 aromatic carbocycles. The van der Waals surface area contributed by atoms with Gasteiger partial charge in [0.2, 0.25) is 0 Å². The molecule has 0 bridgehead atoms. The van der Waals surface area contributed by atoms with Crippen molar-refractivity contribution in [1.29, 1.82) is 0 Å². The van der Waals surface area contributed by atoms with Gasteiger partial charge in [-0.05, 0) is 48.3 Å². The average molecular weight is 601 g/mol. The molecule has 0 saturated heterocycles. The van der Waals surface area contributed by atoms with Gasteiger partial charge in [0.1, 0.15) is 0 Å². The first-order valence-corrected chi connectivity index (χ1v) is 13.0. The van der Waals surface area contributed by atoms with Gasteiger partial charge in [0.05, 0.1) is 22.3 Å². The maximum absolute atomic E-state index is 12.0. The standard InChI is InChI=1S/C30H28N6O8/c1-21(17-31-33-29(37)19-43-27-9-5-3-7-25(27)35(39)40)15-23-11-13-24(14-12-23)16-22(2)18-32-34-30(38)20-44-28-10-6-4-8-26(28)36(41)42/h3-18H,19-20H2,1-2H3,(H,33,37)(H,34,38)/b21-15-,22-16+,31-17+,32-18-. The zero-order chi connectivity index (χ0) is 31.9. The maximum Gasteiger partial charge on any atom is 0.310 e. The Morgan fingerprint density at radius 3 is 1.41 bits per heavy atom. The Hall–Kier alpha value is -6.18. The highest BCUT2D eigenvalue weighted by Gasteiger charge is 2.15. The van der Waals surface area contributed by atoms with Crippen LogP contribution in [0.3, 0.4) is 0 Å². The molecular formula is C30H28N6O8. The van der Waals surface area contributed by atoms with E-state index in [2.05, 4.69) is 21.1 Å². The monoisotopic (exact) mass is 600 g/mol. The van der Waals surface area contributed by atoms with Gasteiger partial charge in [-0.3, -0.25) is 29.8 Å². The molecule has 0 unspecified atom stereocenters. The number of allylic oxidation sites excluding steroid dienone is 2. The number of rotatable bonds is 14. The summed E-state index contributed by atoms with van der Waals surface area (Å²) in [5.74, 6) is -1.18. The average Bonchev–Trinajstić information content (AvgIpc) is 3.00. The molecule has 0 aliphatic heterocycles. The number of nitrogens with zero attached hydrogens (tertiary/aromatic N) is 4. The third kappa shape index (κ3) is 10.7. The van der Waals surface area contributed by atoms with Gasteiger partial charge in [0, 0.05) is 12.1 Å². The highest BCUT2D eigenvalue weighted by Crippen LogP contribution is 2.26. The lowest BCUT2D eigenvalue weighted by Gasteiger charge is -2.05. The first-order chi connectivity index (χ1) is 21.1. The summed E-state index contributed by atoms with van der Waals surface area (Å²) in [5, 5.41) is 29.8. The van der Waals surface area contributed by atoms with E-state index in [0.29, 0.717) is 0 Å². The molecule has 2 N–H and O–H groups in total. The number of para-hydroxylation sites is 4. The summed E-state index contributed by atoms with van der Waals surface area (Å²) < 4.78 is 10.4. The molecule has 3 aromatic rings. The van der Waals surface area contributed by atoms with Crippen LogP contribution in [-0.2, 0) is 9.59 Å². The minimum Gasteiger partial charge on any atom is -0.477 e. The molecule has 0 radical (unpaired) electrons. The predicted octanol–water partition coefficient (Wildman–Crippen LogP) is 4.67. The zero-order valence-electron chi connectivity index (χ0n) is 23.7. The van der Waals surface area contributed by atoms with Gasteiger partial charge in [-0.25, -0.2) is 10.9 Å². The van der Waals surface area contributed by atoms with Crippen molar-refractivity contribution in [2.45, 2.75) is 13.8 Å². The van der Waals surface area contributed by atoms with Crippen LogP contribution in [0.5, 0.6) is 11.5 Å². The van der Waals surface area contributed by atoms with E-state index in [1.165, 1.54) is 48.8 Å². The smallest absolute Gasteiger partial charge is 0.310 e. The molecule has 0 fully saturated rings. The van der Waals surface area contributed by atoms with Crippen molar-refractivity contribution >= 4 is 47.8 Å². The molecule has 0 atom stereocenters. The normalized spacial score (nSPS) is 11.8. The van der Waals surface area contributed by atoms with Crippen LogP contribution in [0.15, 0.2) is 94.1 Å². The summed E-state index contributed by atoms with van der Waals surface area (Å²) in [7, 11) is 0. The van der Waals surface area contributed by atoms with Crippen LogP contribution in [-0.4, -0.2) is 47.3 Å². The maximum atomic E-state index is 12.0. The molecule has 0 aliphatic rings. The fourth-order valence-electron chi connectivity index (χ4n) is 3.51. The van der Waals surface area contributed by atoms with E-state index in [1.807, 2.05) is 36.4 Å². The molecule has 3 rings (SSSR count). The number of nitro groups is 2. The molecule has 44 heavy (non-hydrogen) atoms. The van der Waals surface area contributed by atoms with E-state index in [0.717, 1.165) is 22.3 Å². The van der Waals surface area contributed by atoms with Gasteiger partial charge in [0.15, 0.2) is 24.7 Å². The summed E-state index contributed by atoms with van der Waals surface area (Å²) >= 11 is 0. The number of ether oxygens (including phenoxy) is 2. The number of carbonyl (C=O) groups is 2. The Morgan fingerprint density at radius 1 is 0.682 bits per heavy atom. The van der Waals surface area contributed by atoms with E-state index in [9.17, 15) is 29.8 Å². The number of hydrogen-bond acceptors (Lipinski definition) is 10. The molecule has 0 aliphatic carbocycles. The van der Waals surface area contributed by atoms with Gasteiger partial charge >= 0.3 is 11.4 Å². The molecular weight excluding hydrogens is 572 g/mol. The van der Waals surface area contributed by atoms with Crippen LogP contribution in [0.25, 0.3) is 12.2 Å². The van der Waals surface area contributed by atoms with Crippen LogP contribution in [0.4, 0.5) is 11.4 Å². The van der Waals surface area contributed by atoms with Crippen molar-refractivity contribution in [3.8, 4) is 11.5 Å². The molecule has 2 amide bonds. The minimum atomic E-state index is -0.592. The topological polar surface area (TPSA) is 188 Å². The minimum absolute atomic E-state index is 0.0125. The molecule has 0 saturated carbocycles. The van der Waals surface area contributed by atoms with Crippen molar-refractivity contribution in [3.63, 3.8) is 0 Å². The lowest BCUT2D eigenvalue weighted by molar-refractivity contribution is -0.386. The number of carbonyl (C=O) groups excluding carboxylic acids is 2. The molecule has 14 heteroatoms. The van der Waals surface area contributed by atoms with E-state index in [-0.39, 0.29) is 22.9 Å². The highest BCUT2D eigenvalue weighted by molar-refractivity contribution is 5.88. The zero-order valence-corrected chi connectivity index (χ0v) is 23.7. The van der Waals surface area contributed by atoms with Crippen LogP contribution in [0.1, 0.15) is 25.0 Å². The first-order valence-electron chi connectivity index (χ1n) is 13.0. The van der Waals surface area contributed by atoms with E-state index in [4.69, 9.17) is 9.47 Å². The number of amides is 2. The molecule has 0 spiro atoms. The Bertz CT molecular complexity index is 1510. The highest BCUT2D eigenvalue weighted by atomic mass is 16.6. The Labute approximate surface area is 251 Å². The van der Waals surface area contributed by atoms with Gasteiger partial charge in [-0.1, -0.05) is 60.7 Å². The van der Waals surface area contributed by atoms with Gasteiger partial charge in [-0.15, -0.1) is 0 Å². The Kier molecular flexibility index (Phi) is 12.0. The van der Waals surface area contributed by atoms with E-state index >= 15 is 0 Å². The fraction of sp³-hybridized carbons (Fsp3) is 0.133. The lowest BCUT2D eigenvalue weighted by Crippen LogP contribution is -2.24. The fourth-order valence-corrected chi connectivity index (χ4v) is 3.51. The van der Waals surface area contributed by atoms with Crippen LogP contribution in [0, 0.1) is 20.2 Å². The third-order valence-corrected chi connectivity index (χ3v) is 5.48. The van der Waals surface area contributed by atoms with Gasteiger partial charge in [0.25, 0.3) is 11.8 Å². The van der Waals surface area contributed by atoms with Crippen LogP contribution >= 0.6 is 0 Å². The van der Waals surface area contributed by atoms with E-state index < -0.39 is 34.9 Å². The molecule has 0 heterocycles. The number of nitrogens with one attached hydrogen (secondary N) is 2. The van der Waals surface area contributed by atoms with Crippen LogP contribution < -0.4 is 20.3 Å². The lowest BCUT2D eigenvalue weighted by atomic mass is 10.1. The number of benzene rings is 3. The largest absolute Gasteiger partial charge is 0.477 e. The summed E-state index contributed by atoms with van der Waals surface area (Å²) in [5.41, 5.74) is 7.41. The van der Waals surface area contributed by atoms with Crippen molar-refractivity contribution in [1.82, 2.24) is 10.9 Å². The first kappa shape index (κ1) is 32.3. The van der Waals surface area contributed by atoms with Crippen molar-refractivity contribution < 1.29 is 28.9 Å². The molecule has 0 aromatic heterocycles. The second-order valence-corrected chi connectivity index (χ2v) is 9.06. The van der Waals surface area contributed by atoms with Gasteiger partial charge in [-0.2, -0.15) is 10.2 Å². The van der Waals surface area contributed by atoms with Crippen LogP contribution in [0.2, 0.25) is 0 Å². The van der Waals surface area contributed by atoms with Crippen molar-refractivity contribution in [2.75, 3.05) is 13.2 Å². The van der Waals surface area contributed by atoms with Crippen molar-refractivity contribution in [2.24, 2.45) is 10.2 Å². The summed E-state index contributed by atoms with van der Waals surface area (Å²) in [6.07, 6.45) is 6.61. The Balaban J connectivity index is 1.44.